The van der Waals surface area contributed by atoms with Gasteiger partial charge in [0, 0.05) is 13.1 Å². The van der Waals surface area contributed by atoms with E-state index in [1.807, 2.05) is 27.7 Å². The number of nitrogens with two attached hydrogens (primary N) is 1. The van der Waals surface area contributed by atoms with Gasteiger partial charge >= 0.3 is 12.1 Å². The predicted molar refractivity (Wildman–Crippen MR) is 74.9 cm³/mol. The summed E-state index contributed by atoms with van der Waals surface area (Å²) in [4.78, 5) is 25.6. The Labute approximate surface area is 120 Å². The lowest BCUT2D eigenvalue weighted by Crippen LogP contribution is -2.48. The van der Waals surface area contributed by atoms with E-state index in [4.69, 9.17) is 15.2 Å². The molecule has 0 aliphatic carbocycles. The van der Waals surface area contributed by atoms with Gasteiger partial charge in [0.1, 0.15) is 12.3 Å². The summed E-state index contributed by atoms with van der Waals surface area (Å²) in [5.41, 5.74) is 4.25. The van der Waals surface area contributed by atoms with Crippen LogP contribution in [0.3, 0.4) is 0 Å². The number of rotatable bonds is 3. The van der Waals surface area contributed by atoms with Crippen LogP contribution in [0.1, 0.15) is 47.0 Å². The van der Waals surface area contributed by atoms with Crippen LogP contribution in [0.15, 0.2) is 0 Å². The fourth-order valence-electron chi connectivity index (χ4n) is 2.37. The molecule has 0 unspecified atom stereocenters. The van der Waals surface area contributed by atoms with Crippen LogP contribution in [-0.4, -0.2) is 42.4 Å². The third kappa shape index (κ3) is 4.10. The van der Waals surface area contributed by atoms with Gasteiger partial charge in [0.05, 0.1) is 5.41 Å². The molecule has 0 aromatic rings. The first-order chi connectivity index (χ1) is 9.24. The van der Waals surface area contributed by atoms with Gasteiger partial charge in [0.25, 0.3) is 0 Å². The lowest BCUT2D eigenvalue weighted by atomic mass is 9.76. The van der Waals surface area contributed by atoms with Gasteiger partial charge in [-0.2, -0.15) is 0 Å². The number of carbonyl (C=O) groups excluding carboxylic acids is 2. The molecule has 0 aromatic carbocycles. The molecule has 20 heavy (non-hydrogen) atoms. The SMILES string of the molecule is CCC1(C(=O)OCN)CCN(C(=O)OC(C)(C)C)CC1. The van der Waals surface area contributed by atoms with Crippen LogP contribution in [-0.2, 0) is 14.3 Å². The first-order valence-electron chi connectivity index (χ1n) is 7.09. The summed E-state index contributed by atoms with van der Waals surface area (Å²) in [5, 5.41) is 0. The van der Waals surface area contributed by atoms with E-state index < -0.39 is 11.0 Å². The number of amides is 1. The highest BCUT2D eigenvalue weighted by Crippen LogP contribution is 2.36. The quantitative estimate of drug-likeness (QED) is 0.632. The zero-order valence-electron chi connectivity index (χ0n) is 12.9. The van der Waals surface area contributed by atoms with Gasteiger partial charge in [-0.15, -0.1) is 0 Å². The van der Waals surface area contributed by atoms with Crippen molar-refractivity contribution in [2.45, 2.75) is 52.6 Å². The molecule has 2 N–H and O–H groups in total. The first kappa shape index (κ1) is 16.8. The summed E-state index contributed by atoms with van der Waals surface area (Å²) < 4.78 is 10.3. The fraction of sp³-hybridized carbons (Fsp3) is 0.857. The second kappa shape index (κ2) is 6.43. The molecule has 1 amide bonds. The van der Waals surface area contributed by atoms with Gasteiger partial charge in [-0.05, 0) is 40.0 Å². The van der Waals surface area contributed by atoms with Crippen molar-refractivity contribution in [2.75, 3.05) is 19.8 Å². The molecule has 1 saturated heterocycles. The number of carbonyl (C=O) groups is 2. The Morgan fingerprint density at radius 2 is 1.80 bits per heavy atom. The number of ether oxygens (including phenoxy) is 2. The monoisotopic (exact) mass is 286 g/mol. The molecule has 6 heteroatoms. The number of esters is 1. The Kier molecular flexibility index (Phi) is 5.39. The van der Waals surface area contributed by atoms with Gasteiger partial charge < -0.3 is 14.4 Å². The van der Waals surface area contributed by atoms with Gasteiger partial charge in [-0.25, -0.2) is 4.79 Å². The maximum atomic E-state index is 12.0. The van der Waals surface area contributed by atoms with E-state index in [-0.39, 0.29) is 18.8 Å². The third-order valence-electron chi connectivity index (χ3n) is 3.70. The summed E-state index contributed by atoms with van der Waals surface area (Å²) in [6, 6.07) is 0. The van der Waals surface area contributed by atoms with Crippen molar-refractivity contribution in [3.63, 3.8) is 0 Å². The molecule has 0 radical (unpaired) electrons. The molecule has 0 bridgehead atoms. The van der Waals surface area contributed by atoms with Crippen molar-refractivity contribution in [1.82, 2.24) is 4.90 Å². The Morgan fingerprint density at radius 3 is 2.20 bits per heavy atom. The smallest absolute Gasteiger partial charge is 0.410 e. The molecule has 1 fully saturated rings. The van der Waals surface area contributed by atoms with Crippen LogP contribution < -0.4 is 5.73 Å². The van der Waals surface area contributed by atoms with Crippen molar-refractivity contribution in [3.05, 3.63) is 0 Å². The van der Waals surface area contributed by atoms with Crippen LogP contribution in [0.25, 0.3) is 0 Å². The highest BCUT2D eigenvalue weighted by molar-refractivity contribution is 5.77. The minimum Gasteiger partial charge on any atom is -0.450 e. The fourth-order valence-corrected chi connectivity index (χ4v) is 2.37. The Hall–Kier alpha value is -1.30. The minimum absolute atomic E-state index is 0.101. The number of piperidine rings is 1. The van der Waals surface area contributed by atoms with Gasteiger partial charge in [0.15, 0.2) is 0 Å². The molecule has 1 heterocycles. The number of likely N-dealkylation sites (tertiary alicyclic amines) is 1. The molecule has 0 saturated carbocycles. The van der Waals surface area contributed by atoms with E-state index in [2.05, 4.69) is 0 Å². The largest absolute Gasteiger partial charge is 0.450 e. The normalized spacial score (nSPS) is 18.6. The maximum Gasteiger partial charge on any atom is 0.410 e. The zero-order chi connectivity index (χ0) is 15.4. The van der Waals surface area contributed by atoms with Gasteiger partial charge in [-0.3, -0.25) is 10.5 Å². The lowest BCUT2D eigenvalue weighted by Gasteiger charge is -2.39. The molecule has 1 aliphatic heterocycles. The molecule has 0 atom stereocenters. The van der Waals surface area contributed by atoms with Crippen LogP contribution >= 0.6 is 0 Å². The minimum atomic E-state index is -0.516. The predicted octanol–water partition coefficient (Wildman–Crippen LogP) is 1.87. The highest BCUT2D eigenvalue weighted by atomic mass is 16.6. The molecule has 116 valence electrons. The molecule has 1 aliphatic rings. The molecule has 6 nitrogen and oxygen atoms in total. The van der Waals surface area contributed by atoms with Crippen LogP contribution in [0.5, 0.6) is 0 Å². The molecular formula is C14H26N2O4. The van der Waals surface area contributed by atoms with Crippen molar-refractivity contribution in [2.24, 2.45) is 11.1 Å². The van der Waals surface area contributed by atoms with Crippen molar-refractivity contribution in [1.29, 1.82) is 0 Å². The van der Waals surface area contributed by atoms with Gasteiger partial charge in [-0.1, -0.05) is 6.92 Å². The number of hydrogen-bond donors (Lipinski definition) is 1. The average Bonchev–Trinajstić information content (AvgIpc) is 2.37. The van der Waals surface area contributed by atoms with E-state index in [0.29, 0.717) is 32.4 Å². The van der Waals surface area contributed by atoms with E-state index in [1.165, 1.54) is 0 Å². The summed E-state index contributed by atoms with van der Waals surface area (Å²) in [6.07, 6.45) is 1.53. The maximum absolute atomic E-state index is 12.0. The van der Waals surface area contributed by atoms with E-state index >= 15 is 0 Å². The van der Waals surface area contributed by atoms with Gasteiger partial charge in [0.2, 0.25) is 0 Å². The second-order valence-corrected chi connectivity index (χ2v) is 6.20. The van der Waals surface area contributed by atoms with E-state index in [9.17, 15) is 9.59 Å². The Morgan fingerprint density at radius 1 is 1.25 bits per heavy atom. The summed E-state index contributed by atoms with van der Waals surface area (Å²) in [6.45, 7) is 8.37. The first-order valence-corrected chi connectivity index (χ1v) is 7.09. The summed E-state index contributed by atoms with van der Waals surface area (Å²) in [5.74, 6) is -0.258. The van der Waals surface area contributed by atoms with Crippen LogP contribution in [0, 0.1) is 5.41 Å². The van der Waals surface area contributed by atoms with Crippen LogP contribution in [0.4, 0.5) is 4.79 Å². The van der Waals surface area contributed by atoms with E-state index in [1.54, 1.807) is 4.90 Å². The summed E-state index contributed by atoms with van der Waals surface area (Å²) in [7, 11) is 0. The van der Waals surface area contributed by atoms with Crippen molar-refractivity contribution < 1.29 is 19.1 Å². The molecule has 0 spiro atoms. The molecule has 0 aromatic heterocycles. The lowest BCUT2D eigenvalue weighted by molar-refractivity contribution is -0.159. The standard InChI is InChI=1S/C14H26N2O4/c1-5-14(11(17)19-10-15)6-8-16(9-7-14)12(18)20-13(2,3)4/h5-10,15H2,1-4H3. The Bertz CT molecular complexity index is 355. The number of hydrogen-bond acceptors (Lipinski definition) is 5. The Balaban J connectivity index is 2.61. The second-order valence-electron chi connectivity index (χ2n) is 6.20. The highest BCUT2D eigenvalue weighted by Gasteiger charge is 2.42. The van der Waals surface area contributed by atoms with E-state index in [0.717, 1.165) is 0 Å². The van der Waals surface area contributed by atoms with Crippen molar-refractivity contribution in [3.8, 4) is 0 Å². The summed E-state index contributed by atoms with van der Waals surface area (Å²) >= 11 is 0. The number of nitrogens with zero attached hydrogens (tertiary/aromatic N) is 1. The zero-order valence-corrected chi connectivity index (χ0v) is 12.9. The molecular weight excluding hydrogens is 260 g/mol. The topological polar surface area (TPSA) is 81.9 Å². The molecule has 1 rings (SSSR count). The average molecular weight is 286 g/mol. The third-order valence-corrected chi connectivity index (χ3v) is 3.70. The van der Waals surface area contributed by atoms with Crippen LogP contribution in [0.2, 0.25) is 0 Å². The van der Waals surface area contributed by atoms with Crippen molar-refractivity contribution >= 4 is 12.1 Å².